The number of halogens is 2. The van der Waals surface area contributed by atoms with Gasteiger partial charge in [-0.3, -0.25) is 9.89 Å². The maximum Gasteiger partial charge on any atom is 0.354 e. The summed E-state index contributed by atoms with van der Waals surface area (Å²) in [7, 11) is 3.30. The van der Waals surface area contributed by atoms with Crippen LogP contribution in [0.15, 0.2) is 42.5 Å². The average Bonchev–Trinajstić information content (AvgIpc) is 3.75. The number of H-pyrrole nitrogens is 1. The highest BCUT2D eigenvalue weighted by molar-refractivity contribution is 6.35. The second kappa shape index (κ2) is 14.7. The highest BCUT2D eigenvalue weighted by atomic mass is 35.5. The lowest BCUT2D eigenvalue weighted by Crippen LogP contribution is -2.43. The predicted octanol–water partition coefficient (Wildman–Crippen LogP) is 9.02. The number of nitrogens with one attached hydrogen (secondary N) is 1. The van der Waals surface area contributed by atoms with Gasteiger partial charge in [0.2, 0.25) is 0 Å². The van der Waals surface area contributed by atoms with E-state index in [0.717, 1.165) is 60.9 Å². The first-order valence-corrected chi connectivity index (χ1v) is 18.7. The summed E-state index contributed by atoms with van der Waals surface area (Å²) < 4.78 is 21.0. The van der Waals surface area contributed by atoms with Crippen LogP contribution in [-0.4, -0.2) is 69.8 Å². The number of rotatable bonds is 12. The number of carboxylic acid groups (broad SMARTS) is 1. The van der Waals surface area contributed by atoms with Crippen molar-refractivity contribution in [3.8, 4) is 22.6 Å². The zero-order valence-electron chi connectivity index (χ0n) is 31.4. The third-order valence-electron chi connectivity index (χ3n) is 10.4. The minimum absolute atomic E-state index is 0.0148. The van der Waals surface area contributed by atoms with Crippen molar-refractivity contribution in [2.75, 3.05) is 38.4 Å². The lowest BCUT2D eigenvalue weighted by Gasteiger charge is -2.34. The van der Waals surface area contributed by atoms with E-state index in [2.05, 4.69) is 14.8 Å². The molecule has 11 nitrogen and oxygen atoms in total. The molecule has 54 heavy (non-hydrogen) atoms. The summed E-state index contributed by atoms with van der Waals surface area (Å²) >= 11 is 13.5. The van der Waals surface area contributed by atoms with E-state index in [0.29, 0.717) is 65.7 Å². The van der Waals surface area contributed by atoms with E-state index in [4.69, 9.17) is 37.4 Å². The van der Waals surface area contributed by atoms with Gasteiger partial charge in [-0.1, -0.05) is 29.3 Å². The topological polar surface area (TPSA) is 124 Å². The third kappa shape index (κ3) is 6.27. The van der Waals surface area contributed by atoms with Gasteiger partial charge in [-0.2, -0.15) is 5.10 Å². The first kappa shape index (κ1) is 37.3. The zero-order chi connectivity index (χ0) is 38.6. The molecule has 0 saturated carbocycles. The molecule has 1 aliphatic rings. The Morgan fingerprint density at radius 2 is 1.69 bits per heavy atom. The molecule has 0 aliphatic carbocycles. The van der Waals surface area contributed by atoms with E-state index in [9.17, 15) is 9.90 Å². The average molecular weight is 773 g/mol. The number of aromatic amines is 1. The van der Waals surface area contributed by atoms with Crippen LogP contribution in [0, 0.1) is 27.7 Å². The van der Waals surface area contributed by atoms with Crippen molar-refractivity contribution in [3.05, 3.63) is 92.0 Å². The largest absolute Gasteiger partial charge is 0.494 e. The molecule has 4 heterocycles. The molecule has 7 rings (SSSR count). The second-order valence-electron chi connectivity index (χ2n) is 14.0. The van der Waals surface area contributed by atoms with Crippen molar-refractivity contribution in [3.63, 3.8) is 0 Å². The molecule has 0 fully saturated rings. The summed E-state index contributed by atoms with van der Waals surface area (Å²) in [5, 5.41) is 20.9. The van der Waals surface area contributed by atoms with Crippen molar-refractivity contribution < 1.29 is 28.9 Å². The summed E-state index contributed by atoms with van der Waals surface area (Å²) in [6.45, 7) is 11.2. The van der Waals surface area contributed by atoms with Crippen LogP contribution in [-0.2, 0) is 18.2 Å². The molecule has 0 saturated heterocycles. The van der Waals surface area contributed by atoms with Crippen molar-refractivity contribution in [2.24, 2.45) is 7.05 Å². The summed E-state index contributed by atoms with van der Waals surface area (Å²) in [5.41, 5.74) is 8.41. The molecule has 2 N–H and O–H groups in total. The van der Waals surface area contributed by atoms with Gasteiger partial charge in [0.15, 0.2) is 5.69 Å². The number of ether oxygens (including phenoxy) is 3. The van der Waals surface area contributed by atoms with Crippen LogP contribution in [0.5, 0.6) is 11.5 Å². The second-order valence-corrected chi connectivity index (χ2v) is 14.8. The van der Waals surface area contributed by atoms with Crippen LogP contribution in [0.3, 0.4) is 0 Å². The van der Waals surface area contributed by atoms with Crippen molar-refractivity contribution in [1.29, 1.82) is 0 Å². The summed E-state index contributed by atoms with van der Waals surface area (Å²) in [5.74, 6) is -0.154. The number of nitrogens with zero attached hydrogens (tertiary/aromatic N) is 4. The van der Waals surface area contributed by atoms with Crippen LogP contribution in [0.2, 0.25) is 10.0 Å². The number of carboxylic acids is 1. The molecule has 1 aliphatic heterocycles. The molecule has 3 aromatic carbocycles. The van der Waals surface area contributed by atoms with Gasteiger partial charge in [-0.15, -0.1) is 0 Å². The van der Waals surface area contributed by atoms with E-state index in [-0.39, 0.29) is 24.2 Å². The maximum atomic E-state index is 15.2. The Bertz CT molecular complexity index is 2420. The number of aromatic nitrogens is 4. The van der Waals surface area contributed by atoms with Crippen LogP contribution in [0.4, 0.5) is 5.69 Å². The highest BCUT2D eigenvalue weighted by Gasteiger charge is 2.39. The SMILES string of the molecule is COCCOc1ccc2c(c1)c(N1CC(C)n3c(c(CCCOc4cc(C)c(Cl)c(C)c4)c4ccc(Cl)c(-c5c(C)n[nH]c5C)c43)C1=O)c(C(=O)O)n2C. The van der Waals surface area contributed by atoms with E-state index >= 15 is 4.79 Å². The smallest absolute Gasteiger partial charge is 0.354 e. The van der Waals surface area contributed by atoms with Gasteiger partial charge in [0.1, 0.15) is 23.8 Å². The number of amides is 1. The molecule has 0 bridgehead atoms. The molecule has 0 radical (unpaired) electrons. The summed E-state index contributed by atoms with van der Waals surface area (Å²) in [4.78, 5) is 29.8. The number of aryl methyl sites for hydroxylation is 6. The summed E-state index contributed by atoms with van der Waals surface area (Å²) in [6, 6.07) is 12.9. The van der Waals surface area contributed by atoms with E-state index in [1.807, 2.05) is 65.0 Å². The lowest BCUT2D eigenvalue weighted by atomic mass is 9.98. The molecule has 1 unspecified atom stereocenters. The Kier molecular flexibility index (Phi) is 10.2. The minimum Gasteiger partial charge on any atom is -0.494 e. The Hall–Kier alpha value is -4.97. The number of carbonyl (C=O) groups excluding carboxylic acids is 1. The number of carbonyl (C=O) groups is 2. The lowest BCUT2D eigenvalue weighted by molar-refractivity contribution is 0.0687. The first-order valence-electron chi connectivity index (χ1n) is 17.9. The first-order chi connectivity index (χ1) is 25.8. The van der Waals surface area contributed by atoms with Gasteiger partial charge in [0.25, 0.3) is 5.91 Å². The molecule has 0 spiro atoms. The van der Waals surface area contributed by atoms with Gasteiger partial charge in [-0.05, 0) is 101 Å². The normalized spacial score (nSPS) is 14.4. The van der Waals surface area contributed by atoms with Gasteiger partial charge in [0, 0.05) is 59.4 Å². The molecule has 13 heteroatoms. The monoisotopic (exact) mass is 771 g/mol. The number of hydrogen-bond acceptors (Lipinski definition) is 6. The summed E-state index contributed by atoms with van der Waals surface area (Å²) in [6.07, 6.45) is 1.12. The number of benzene rings is 3. The fourth-order valence-electron chi connectivity index (χ4n) is 7.96. The van der Waals surface area contributed by atoms with Crippen molar-refractivity contribution >= 4 is 62.6 Å². The molecule has 6 aromatic rings. The number of anilines is 1. The quantitative estimate of drug-likeness (QED) is 0.119. The Balaban J connectivity index is 1.38. The molecular formula is C41H43Cl2N5O6. The fourth-order valence-corrected chi connectivity index (χ4v) is 8.32. The van der Waals surface area contributed by atoms with Crippen LogP contribution in [0.25, 0.3) is 32.9 Å². The Morgan fingerprint density at radius 3 is 2.35 bits per heavy atom. The van der Waals surface area contributed by atoms with Crippen LogP contribution in [0.1, 0.15) is 68.4 Å². The van der Waals surface area contributed by atoms with Crippen LogP contribution < -0.4 is 14.4 Å². The number of hydrogen-bond donors (Lipinski definition) is 2. The molecule has 282 valence electrons. The molecule has 3 aromatic heterocycles. The standard InChI is InChI=1S/C41H43Cl2N5O6/c1-21-17-27(18-22(2)35(21)43)53-14-8-9-28-29-11-12-31(42)34(33-24(4)44-45-25(33)5)36(29)48-23(3)20-47(40(49)38(28)48)37-30-19-26(54-16-15-52-7)10-13-32(30)46(6)39(37)41(50)51/h10-13,17-19,23H,8-9,14-16,20H2,1-7H3,(H,44,45)(H,50,51). The molecular weight excluding hydrogens is 729 g/mol. The van der Waals surface area contributed by atoms with Crippen molar-refractivity contribution in [1.82, 2.24) is 19.3 Å². The number of aromatic carboxylic acids is 1. The maximum absolute atomic E-state index is 15.2. The Morgan fingerprint density at radius 1 is 0.963 bits per heavy atom. The minimum atomic E-state index is -1.14. The number of methoxy groups -OCH3 is 1. The van der Waals surface area contributed by atoms with E-state index in [1.54, 1.807) is 35.8 Å². The number of fused-ring (bicyclic) bond motifs is 4. The Labute approximate surface area is 323 Å². The van der Waals surface area contributed by atoms with E-state index < -0.39 is 5.97 Å². The van der Waals surface area contributed by atoms with Crippen LogP contribution >= 0.6 is 23.2 Å². The molecule has 1 atom stereocenters. The predicted molar refractivity (Wildman–Crippen MR) is 212 cm³/mol. The van der Waals surface area contributed by atoms with Gasteiger partial charge in [-0.25, -0.2) is 4.79 Å². The van der Waals surface area contributed by atoms with Gasteiger partial charge in [0.05, 0.1) is 40.7 Å². The fraction of sp³-hybridized carbons (Fsp3) is 0.341. The van der Waals surface area contributed by atoms with Gasteiger partial charge >= 0.3 is 5.97 Å². The van der Waals surface area contributed by atoms with Gasteiger partial charge < -0.3 is 33.4 Å². The zero-order valence-corrected chi connectivity index (χ0v) is 32.9. The molecule has 1 amide bonds. The van der Waals surface area contributed by atoms with E-state index in [1.165, 1.54) is 0 Å². The highest BCUT2D eigenvalue weighted by Crippen LogP contribution is 2.46. The third-order valence-corrected chi connectivity index (χ3v) is 11.3. The van der Waals surface area contributed by atoms with Crippen molar-refractivity contribution in [2.45, 2.75) is 53.5 Å².